The second-order valence-electron chi connectivity index (χ2n) is 3.61. The van der Waals surface area contributed by atoms with Gasteiger partial charge in [-0.15, -0.1) is 0 Å². The van der Waals surface area contributed by atoms with Gasteiger partial charge in [-0.3, -0.25) is 0 Å². The third-order valence-corrected chi connectivity index (χ3v) is 3.00. The number of nitrogens with one attached hydrogen (secondary N) is 1. The number of benzene rings is 1. The van der Waals surface area contributed by atoms with Crippen LogP contribution in [0.5, 0.6) is 0 Å². The summed E-state index contributed by atoms with van der Waals surface area (Å²) in [6.45, 7) is 6.07. The Bertz CT molecular complexity index is 316. The van der Waals surface area contributed by atoms with Crippen molar-refractivity contribution in [2.75, 3.05) is 18.8 Å². The van der Waals surface area contributed by atoms with E-state index in [2.05, 4.69) is 19.2 Å². The number of halogens is 2. The number of rotatable bonds is 4. The van der Waals surface area contributed by atoms with Crippen LogP contribution in [0, 0.1) is 0 Å². The zero-order chi connectivity index (χ0) is 11.4. The second kappa shape index (κ2) is 5.59. The lowest BCUT2D eigenvalue weighted by molar-refractivity contribution is 0.635. The lowest BCUT2D eigenvalue weighted by Gasteiger charge is -2.14. The van der Waals surface area contributed by atoms with Crippen molar-refractivity contribution in [2.45, 2.75) is 19.8 Å². The molecule has 3 N–H and O–H groups in total. The molecule has 0 aliphatic rings. The predicted octanol–water partition coefficient (Wildman–Crippen LogP) is 3.29. The molecule has 15 heavy (non-hydrogen) atoms. The normalized spacial score (nSPS) is 12.8. The van der Waals surface area contributed by atoms with E-state index in [0.29, 0.717) is 21.7 Å². The third-order valence-electron chi connectivity index (χ3n) is 2.37. The molecule has 84 valence electrons. The van der Waals surface area contributed by atoms with E-state index in [9.17, 15) is 0 Å². The van der Waals surface area contributed by atoms with Crippen LogP contribution < -0.4 is 11.1 Å². The standard InChI is InChI=1S/C11H16Cl2N2/c1-3-15-6-7(2)8-4-9(12)11(14)10(13)5-8/h4-5,7,15H,3,6,14H2,1-2H3. The molecule has 4 heteroatoms. The zero-order valence-electron chi connectivity index (χ0n) is 8.98. The molecule has 0 fully saturated rings. The van der Waals surface area contributed by atoms with E-state index in [1.165, 1.54) is 0 Å². The smallest absolute Gasteiger partial charge is 0.0693 e. The first-order valence-electron chi connectivity index (χ1n) is 5.01. The monoisotopic (exact) mass is 246 g/mol. The van der Waals surface area contributed by atoms with Crippen molar-refractivity contribution in [1.82, 2.24) is 5.32 Å². The van der Waals surface area contributed by atoms with Crippen molar-refractivity contribution in [3.8, 4) is 0 Å². The summed E-state index contributed by atoms with van der Waals surface area (Å²) in [4.78, 5) is 0. The lowest BCUT2D eigenvalue weighted by atomic mass is 10.0. The Morgan fingerprint density at radius 3 is 2.33 bits per heavy atom. The fraction of sp³-hybridized carbons (Fsp3) is 0.455. The highest BCUT2D eigenvalue weighted by Crippen LogP contribution is 2.31. The fourth-order valence-electron chi connectivity index (χ4n) is 1.37. The molecule has 0 radical (unpaired) electrons. The van der Waals surface area contributed by atoms with Gasteiger partial charge in [0, 0.05) is 6.54 Å². The van der Waals surface area contributed by atoms with Gasteiger partial charge in [0.1, 0.15) is 0 Å². The van der Waals surface area contributed by atoms with Gasteiger partial charge in [0.05, 0.1) is 15.7 Å². The molecule has 0 bridgehead atoms. The maximum atomic E-state index is 5.97. The van der Waals surface area contributed by atoms with Crippen LogP contribution >= 0.6 is 23.2 Å². The summed E-state index contributed by atoms with van der Waals surface area (Å²) in [7, 11) is 0. The van der Waals surface area contributed by atoms with Crippen LogP contribution in [0.3, 0.4) is 0 Å². The van der Waals surface area contributed by atoms with Crippen LogP contribution in [0.2, 0.25) is 10.0 Å². The van der Waals surface area contributed by atoms with E-state index >= 15 is 0 Å². The van der Waals surface area contributed by atoms with E-state index < -0.39 is 0 Å². The molecule has 0 amide bonds. The SMILES string of the molecule is CCNCC(C)c1cc(Cl)c(N)c(Cl)c1. The minimum Gasteiger partial charge on any atom is -0.396 e. The van der Waals surface area contributed by atoms with Crippen LogP contribution in [-0.4, -0.2) is 13.1 Å². The average Bonchev–Trinajstić information content (AvgIpc) is 2.21. The van der Waals surface area contributed by atoms with Crippen LogP contribution in [0.15, 0.2) is 12.1 Å². The van der Waals surface area contributed by atoms with Crippen LogP contribution in [-0.2, 0) is 0 Å². The molecule has 1 atom stereocenters. The molecule has 1 unspecified atom stereocenters. The predicted molar refractivity (Wildman–Crippen MR) is 67.8 cm³/mol. The Kier molecular flexibility index (Phi) is 4.71. The van der Waals surface area contributed by atoms with Gasteiger partial charge in [-0.2, -0.15) is 0 Å². The number of hydrogen-bond donors (Lipinski definition) is 2. The van der Waals surface area contributed by atoms with Crippen LogP contribution in [0.4, 0.5) is 5.69 Å². The Labute approximate surface area is 101 Å². The number of likely N-dealkylation sites (N-methyl/N-ethyl adjacent to an activating group) is 1. The molecule has 0 aliphatic carbocycles. The average molecular weight is 247 g/mol. The van der Waals surface area contributed by atoms with Crippen molar-refractivity contribution in [3.05, 3.63) is 27.7 Å². The minimum absolute atomic E-state index is 0.376. The highest BCUT2D eigenvalue weighted by Gasteiger charge is 2.10. The summed E-state index contributed by atoms with van der Waals surface area (Å²) in [6.07, 6.45) is 0. The minimum atomic E-state index is 0.376. The first kappa shape index (κ1) is 12.6. The van der Waals surface area contributed by atoms with Gasteiger partial charge in [-0.25, -0.2) is 0 Å². The lowest BCUT2D eigenvalue weighted by Crippen LogP contribution is -2.19. The van der Waals surface area contributed by atoms with Gasteiger partial charge in [0.2, 0.25) is 0 Å². The maximum Gasteiger partial charge on any atom is 0.0693 e. The summed E-state index contributed by atoms with van der Waals surface area (Å²) in [5.74, 6) is 0.376. The largest absolute Gasteiger partial charge is 0.396 e. The maximum absolute atomic E-state index is 5.97. The van der Waals surface area contributed by atoms with E-state index in [-0.39, 0.29) is 0 Å². The van der Waals surface area contributed by atoms with E-state index in [0.717, 1.165) is 18.7 Å². The highest BCUT2D eigenvalue weighted by atomic mass is 35.5. The zero-order valence-corrected chi connectivity index (χ0v) is 10.5. The molecule has 0 heterocycles. The number of anilines is 1. The summed E-state index contributed by atoms with van der Waals surface area (Å²) in [5.41, 5.74) is 7.24. The summed E-state index contributed by atoms with van der Waals surface area (Å²) in [5, 5.41) is 4.34. The molecule has 0 aromatic heterocycles. The molecule has 0 saturated carbocycles. The number of nitrogens with two attached hydrogens (primary N) is 1. The third kappa shape index (κ3) is 3.26. The van der Waals surface area contributed by atoms with Crippen molar-refractivity contribution in [2.24, 2.45) is 0 Å². The van der Waals surface area contributed by atoms with Crippen LogP contribution in [0.1, 0.15) is 25.3 Å². The van der Waals surface area contributed by atoms with Gasteiger partial charge < -0.3 is 11.1 Å². The van der Waals surface area contributed by atoms with Gasteiger partial charge in [-0.1, -0.05) is 37.0 Å². The van der Waals surface area contributed by atoms with Gasteiger partial charge in [-0.05, 0) is 30.2 Å². The Morgan fingerprint density at radius 2 is 1.87 bits per heavy atom. The van der Waals surface area contributed by atoms with Gasteiger partial charge in [0.15, 0.2) is 0 Å². The van der Waals surface area contributed by atoms with Gasteiger partial charge >= 0.3 is 0 Å². The summed E-state index contributed by atoms with van der Waals surface area (Å²) in [6, 6.07) is 3.76. The van der Waals surface area contributed by atoms with Crippen LogP contribution in [0.25, 0.3) is 0 Å². The number of hydrogen-bond acceptors (Lipinski definition) is 2. The molecular formula is C11H16Cl2N2. The first-order valence-corrected chi connectivity index (χ1v) is 5.77. The molecule has 0 saturated heterocycles. The van der Waals surface area contributed by atoms with E-state index in [4.69, 9.17) is 28.9 Å². The summed E-state index contributed by atoms with van der Waals surface area (Å²) < 4.78 is 0. The van der Waals surface area contributed by atoms with Crippen molar-refractivity contribution in [1.29, 1.82) is 0 Å². The molecule has 0 aliphatic heterocycles. The van der Waals surface area contributed by atoms with Crippen molar-refractivity contribution in [3.63, 3.8) is 0 Å². The highest BCUT2D eigenvalue weighted by molar-refractivity contribution is 6.38. The molecular weight excluding hydrogens is 231 g/mol. The Balaban J connectivity index is 2.86. The molecule has 0 spiro atoms. The summed E-state index contributed by atoms with van der Waals surface area (Å²) >= 11 is 11.9. The van der Waals surface area contributed by atoms with Gasteiger partial charge in [0.25, 0.3) is 0 Å². The Morgan fingerprint density at radius 1 is 1.33 bits per heavy atom. The number of nitrogen functional groups attached to an aromatic ring is 1. The van der Waals surface area contributed by atoms with Crippen molar-refractivity contribution >= 4 is 28.9 Å². The molecule has 1 aromatic carbocycles. The Hall–Kier alpha value is -0.440. The molecule has 2 nitrogen and oxygen atoms in total. The van der Waals surface area contributed by atoms with Crippen molar-refractivity contribution < 1.29 is 0 Å². The quantitative estimate of drug-likeness (QED) is 0.801. The topological polar surface area (TPSA) is 38.0 Å². The van der Waals surface area contributed by atoms with E-state index in [1.54, 1.807) is 0 Å². The second-order valence-corrected chi connectivity index (χ2v) is 4.42. The van der Waals surface area contributed by atoms with E-state index in [1.807, 2.05) is 12.1 Å². The molecule has 1 rings (SSSR count). The first-order chi connectivity index (χ1) is 7.06. The fourth-order valence-corrected chi connectivity index (χ4v) is 1.87. The molecule has 1 aromatic rings.